The smallest absolute Gasteiger partial charge is 0.226 e. The summed E-state index contributed by atoms with van der Waals surface area (Å²) in [6.07, 6.45) is 5.75. The molecule has 1 aliphatic rings. The fraction of sp³-hybridized carbons (Fsp3) is 0.190. The first-order valence-electron chi connectivity index (χ1n) is 8.43. The van der Waals surface area contributed by atoms with Crippen molar-refractivity contribution in [1.29, 1.82) is 0 Å². The number of nitrogens with zero attached hydrogens (tertiary/aromatic N) is 1. The van der Waals surface area contributed by atoms with E-state index in [1.165, 1.54) is 0 Å². The Balaban J connectivity index is 1.48. The van der Waals surface area contributed by atoms with Gasteiger partial charge in [0.05, 0.1) is 13.7 Å². The Morgan fingerprint density at radius 3 is 2.69 bits per heavy atom. The minimum Gasteiger partial charge on any atom is -0.497 e. The Bertz CT molecular complexity index is 894. The first-order valence-corrected chi connectivity index (χ1v) is 8.43. The number of hydrogen-bond acceptors (Lipinski definition) is 5. The molecule has 1 aliphatic heterocycles. The molecule has 0 spiro atoms. The zero-order chi connectivity index (χ0) is 17.8. The van der Waals surface area contributed by atoms with E-state index in [-0.39, 0.29) is 6.10 Å². The number of aromatic nitrogens is 1. The quantitative estimate of drug-likeness (QED) is 0.595. The Morgan fingerprint density at radius 2 is 1.92 bits per heavy atom. The van der Waals surface area contributed by atoms with Gasteiger partial charge in [0.25, 0.3) is 0 Å². The highest BCUT2D eigenvalue weighted by Crippen LogP contribution is 2.24. The van der Waals surface area contributed by atoms with Crippen LogP contribution in [0.4, 0.5) is 0 Å². The van der Waals surface area contributed by atoms with Crippen molar-refractivity contribution >= 4 is 12.2 Å². The van der Waals surface area contributed by atoms with Crippen LogP contribution in [0.5, 0.6) is 11.5 Å². The maximum atomic E-state index is 5.81. The van der Waals surface area contributed by atoms with Gasteiger partial charge in [0, 0.05) is 11.1 Å². The summed E-state index contributed by atoms with van der Waals surface area (Å²) in [5.41, 5.74) is 2.64. The molecule has 0 radical (unpaired) electrons. The van der Waals surface area contributed by atoms with Crippen LogP contribution < -0.4 is 9.47 Å². The fourth-order valence-electron chi connectivity index (χ4n) is 2.50. The molecule has 2 heterocycles. The summed E-state index contributed by atoms with van der Waals surface area (Å²) < 4.78 is 21.7. The summed E-state index contributed by atoms with van der Waals surface area (Å²) in [6.45, 7) is 1.36. The zero-order valence-corrected chi connectivity index (χ0v) is 14.4. The molecule has 3 aromatic rings. The minimum absolute atomic E-state index is 0.231. The Kier molecular flexibility index (Phi) is 4.71. The summed E-state index contributed by atoms with van der Waals surface area (Å²) >= 11 is 0. The number of methoxy groups -OCH3 is 1. The third-order valence-electron chi connectivity index (χ3n) is 4.04. The lowest BCUT2D eigenvalue weighted by Crippen LogP contribution is -2.04. The zero-order valence-electron chi connectivity index (χ0n) is 14.4. The third-order valence-corrected chi connectivity index (χ3v) is 4.04. The minimum atomic E-state index is 0.231. The molecule has 1 saturated heterocycles. The van der Waals surface area contributed by atoms with Gasteiger partial charge >= 0.3 is 0 Å². The summed E-state index contributed by atoms with van der Waals surface area (Å²) in [7, 11) is 1.64. The number of oxazole rings is 1. The van der Waals surface area contributed by atoms with Crippen molar-refractivity contribution in [2.24, 2.45) is 0 Å². The molecule has 132 valence electrons. The summed E-state index contributed by atoms with van der Waals surface area (Å²) in [5, 5.41) is 0. The number of benzene rings is 2. The first kappa shape index (κ1) is 16.4. The van der Waals surface area contributed by atoms with Crippen molar-refractivity contribution in [1.82, 2.24) is 4.98 Å². The molecule has 5 heteroatoms. The average Bonchev–Trinajstić information content (AvgIpc) is 3.41. The number of para-hydroxylation sites is 1. The van der Waals surface area contributed by atoms with Gasteiger partial charge in [0.2, 0.25) is 5.89 Å². The van der Waals surface area contributed by atoms with Crippen LogP contribution in [-0.2, 0) is 4.74 Å². The highest BCUT2D eigenvalue weighted by atomic mass is 16.6. The lowest BCUT2D eigenvalue weighted by atomic mass is 10.2. The van der Waals surface area contributed by atoms with E-state index in [9.17, 15) is 0 Å². The number of rotatable bonds is 7. The van der Waals surface area contributed by atoms with E-state index >= 15 is 0 Å². The number of epoxide rings is 1. The summed E-state index contributed by atoms with van der Waals surface area (Å²) in [6, 6.07) is 15.5. The fourth-order valence-corrected chi connectivity index (χ4v) is 2.50. The van der Waals surface area contributed by atoms with Crippen molar-refractivity contribution in [2.45, 2.75) is 6.10 Å². The molecule has 1 fully saturated rings. The molecule has 0 amide bonds. The Labute approximate surface area is 151 Å². The largest absolute Gasteiger partial charge is 0.497 e. The summed E-state index contributed by atoms with van der Waals surface area (Å²) in [4.78, 5) is 4.51. The Morgan fingerprint density at radius 1 is 1.12 bits per heavy atom. The van der Waals surface area contributed by atoms with Crippen molar-refractivity contribution in [2.75, 3.05) is 20.3 Å². The number of hydrogen-bond donors (Lipinski definition) is 0. The van der Waals surface area contributed by atoms with E-state index < -0.39 is 0 Å². The molecule has 26 heavy (non-hydrogen) atoms. The van der Waals surface area contributed by atoms with E-state index in [0.29, 0.717) is 12.5 Å². The van der Waals surface area contributed by atoms with E-state index in [4.69, 9.17) is 18.6 Å². The van der Waals surface area contributed by atoms with Gasteiger partial charge in [-0.25, -0.2) is 4.98 Å². The van der Waals surface area contributed by atoms with Crippen LogP contribution in [0.3, 0.4) is 0 Å². The molecule has 5 nitrogen and oxygen atoms in total. The number of ether oxygens (including phenoxy) is 3. The van der Waals surface area contributed by atoms with Crippen LogP contribution in [0.15, 0.2) is 59.2 Å². The van der Waals surface area contributed by atoms with Gasteiger partial charge in [-0.1, -0.05) is 18.2 Å². The van der Waals surface area contributed by atoms with Gasteiger partial charge < -0.3 is 18.6 Å². The molecule has 0 bridgehead atoms. The topological polar surface area (TPSA) is 57.0 Å². The van der Waals surface area contributed by atoms with Gasteiger partial charge in [-0.2, -0.15) is 0 Å². The van der Waals surface area contributed by atoms with Gasteiger partial charge in [-0.05, 0) is 42.5 Å². The van der Waals surface area contributed by atoms with E-state index in [1.807, 2.05) is 60.7 Å². The summed E-state index contributed by atoms with van der Waals surface area (Å²) in [5.74, 6) is 2.20. The molecular weight excluding hydrogens is 330 g/mol. The SMILES string of the molecule is COc1ccc(-c2nc(C=Cc3ccccc3OCC3CO3)co2)cc1. The molecule has 0 N–H and O–H groups in total. The first-order chi connectivity index (χ1) is 12.8. The lowest BCUT2D eigenvalue weighted by molar-refractivity contribution is 0.262. The predicted octanol–water partition coefficient (Wildman–Crippen LogP) is 4.30. The van der Waals surface area contributed by atoms with E-state index in [1.54, 1.807) is 13.4 Å². The second-order valence-electron chi connectivity index (χ2n) is 5.94. The van der Waals surface area contributed by atoms with Crippen LogP contribution >= 0.6 is 0 Å². The molecule has 2 aromatic carbocycles. The second kappa shape index (κ2) is 7.45. The van der Waals surface area contributed by atoms with Crippen LogP contribution in [0.2, 0.25) is 0 Å². The Hall–Kier alpha value is -3.05. The third kappa shape index (κ3) is 3.95. The van der Waals surface area contributed by atoms with Crippen molar-refractivity contribution in [3.05, 3.63) is 66.1 Å². The van der Waals surface area contributed by atoms with Crippen LogP contribution in [0, 0.1) is 0 Å². The van der Waals surface area contributed by atoms with Gasteiger partial charge in [0.1, 0.15) is 36.2 Å². The maximum Gasteiger partial charge on any atom is 0.226 e. The molecular formula is C21H19NO4. The van der Waals surface area contributed by atoms with Gasteiger partial charge in [-0.15, -0.1) is 0 Å². The maximum absolute atomic E-state index is 5.81. The molecule has 0 aliphatic carbocycles. The monoisotopic (exact) mass is 349 g/mol. The van der Waals surface area contributed by atoms with E-state index in [0.717, 1.165) is 34.9 Å². The molecule has 0 saturated carbocycles. The van der Waals surface area contributed by atoms with Crippen molar-refractivity contribution in [3.8, 4) is 23.0 Å². The van der Waals surface area contributed by atoms with Gasteiger partial charge in [0.15, 0.2) is 0 Å². The second-order valence-corrected chi connectivity index (χ2v) is 5.94. The highest BCUT2D eigenvalue weighted by Gasteiger charge is 2.23. The standard InChI is InChI=1S/C21H19NO4/c1-23-18-10-7-16(8-11-18)21-22-17(12-26-21)9-6-15-4-2-3-5-20(15)25-14-19-13-24-19/h2-12,19H,13-14H2,1H3. The van der Waals surface area contributed by atoms with Gasteiger partial charge in [-0.3, -0.25) is 0 Å². The van der Waals surface area contributed by atoms with Crippen molar-refractivity contribution < 1.29 is 18.6 Å². The predicted molar refractivity (Wildman–Crippen MR) is 99.1 cm³/mol. The normalized spacial score (nSPS) is 16.0. The lowest BCUT2D eigenvalue weighted by Gasteiger charge is -2.07. The van der Waals surface area contributed by atoms with Crippen LogP contribution in [-0.4, -0.2) is 31.4 Å². The van der Waals surface area contributed by atoms with E-state index in [2.05, 4.69) is 4.98 Å². The molecule has 4 rings (SSSR count). The highest BCUT2D eigenvalue weighted by molar-refractivity contribution is 5.71. The van der Waals surface area contributed by atoms with Crippen LogP contribution in [0.25, 0.3) is 23.6 Å². The average molecular weight is 349 g/mol. The van der Waals surface area contributed by atoms with Crippen LogP contribution in [0.1, 0.15) is 11.3 Å². The van der Waals surface area contributed by atoms with Crippen molar-refractivity contribution in [3.63, 3.8) is 0 Å². The molecule has 1 unspecified atom stereocenters. The molecule has 1 atom stereocenters. The molecule has 1 aromatic heterocycles.